The van der Waals surface area contributed by atoms with Gasteiger partial charge >= 0.3 is 0 Å². The fourth-order valence-electron chi connectivity index (χ4n) is 4.04. The fourth-order valence-corrected chi connectivity index (χ4v) is 4.04. The van der Waals surface area contributed by atoms with Crippen molar-refractivity contribution < 1.29 is 23.8 Å². The average molecular weight is 462 g/mol. The summed E-state index contributed by atoms with van der Waals surface area (Å²) in [4.78, 5) is 31.2. The number of aromatic nitrogens is 1. The number of carbonyl (C=O) groups excluding carboxylic acids is 2. The molecule has 1 aliphatic heterocycles. The number of hydrogen-bond acceptors (Lipinski definition) is 6. The zero-order valence-corrected chi connectivity index (χ0v) is 19.4. The monoisotopic (exact) mass is 461 g/mol. The lowest BCUT2D eigenvalue weighted by atomic mass is 10.1. The molecule has 1 unspecified atom stereocenters. The van der Waals surface area contributed by atoms with Gasteiger partial charge in [0.15, 0.2) is 11.5 Å². The summed E-state index contributed by atoms with van der Waals surface area (Å²) in [5.74, 6) is 0.547. The van der Waals surface area contributed by atoms with Crippen molar-refractivity contribution in [1.82, 2.24) is 4.98 Å². The predicted molar refractivity (Wildman–Crippen MR) is 129 cm³/mol. The van der Waals surface area contributed by atoms with Gasteiger partial charge in [-0.1, -0.05) is 12.1 Å². The minimum absolute atomic E-state index is 0.128. The molecule has 0 spiro atoms. The summed E-state index contributed by atoms with van der Waals surface area (Å²) in [6.45, 7) is 0.267. The van der Waals surface area contributed by atoms with E-state index >= 15 is 0 Å². The van der Waals surface area contributed by atoms with E-state index in [1.165, 1.54) is 26.9 Å². The number of rotatable bonds is 8. The van der Waals surface area contributed by atoms with Crippen molar-refractivity contribution in [1.29, 1.82) is 0 Å². The molecule has 4 rings (SSSR count). The molecular formula is C26H27N3O5. The fraction of sp³-hybridized carbons (Fsp3) is 0.269. The van der Waals surface area contributed by atoms with E-state index in [1.807, 2.05) is 36.4 Å². The molecule has 1 aliphatic rings. The smallest absolute Gasteiger partial charge is 0.229 e. The van der Waals surface area contributed by atoms with Crippen LogP contribution in [0.25, 0.3) is 0 Å². The summed E-state index contributed by atoms with van der Waals surface area (Å²) in [6, 6.07) is 15.1. The van der Waals surface area contributed by atoms with Crippen LogP contribution in [0.15, 0.2) is 60.9 Å². The van der Waals surface area contributed by atoms with Crippen LogP contribution in [0.1, 0.15) is 17.5 Å². The van der Waals surface area contributed by atoms with Crippen LogP contribution in [0.2, 0.25) is 0 Å². The van der Waals surface area contributed by atoms with Crippen molar-refractivity contribution in [3.63, 3.8) is 0 Å². The van der Waals surface area contributed by atoms with Gasteiger partial charge < -0.3 is 24.4 Å². The van der Waals surface area contributed by atoms with Crippen LogP contribution < -0.4 is 24.4 Å². The third-order valence-electron chi connectivity index (χ3n) is 5.84. The molecule has 3 aromatic rings. The minimum Gasteiger partial charge on any atom is -0.493 e. The summed E-state index contributed by atoms with van der Waals surface area (Å²) in [5.41, 5.74) is 3.59. The van der Waals surface area contributed by atoms with E-state index < -0.39 is 5.92 Å². The van der Waals surface area contributed by atoms with Gasteiger partial charge in [-0.25, -0.2) is 0 Å². The largest absolute Gasteiger partial charge is 0.493 e. The van der Waals surface area contributed by atoms with Crippen LogP contribution in [0.4, 0.5) is 11.4 Å². The van der Waals surface area contributed by atoms with E-state index in [9.17, 15) is 9.59 Å². The van der Waals surface area contributed by atoms with Crippen LogP contribution in [-0.2, 0) is 16.0 Å². The molecule has 2 amide bonds. The number of hydrogen-bond donors (Lipinski definition) is 1. The van der Waals surface area contributed by atoms with Crippen molar-refractivity contribution in [3.8, 4) is 17.2 Å². The predicted octanol–water partition coefficient (Wildman–Crippen LogP) is 3.69. The van der Waals surface area contributed by atoms with Gasteiger partial charge in [0.25, 0.3) is 0 Å². The Labute approximate surface area is 198 Å². The molecular weight excluding hydrogens is 434 g/mol. The Balaban J connectivity index is 1.42. The first-order chi connectivity index (χ1) is 16.5. The SMILES string of the molecule is COc1cc(N2CC(C(=O)Nc3ccc(Cc4ccncc4)cc3)CC2=O)cc(OC)c1OC. The number of ether oxygens (including phenoxy) is 3. The number of carbonyl (C=O) groups is 2. The van der Waals surface area contributed by atoms with E-state index in [-0.39, 0.29) is 24.8 Å². The van der Waals surface area contributed by atoms with E-state index in [2.05, 4.69) is 10.3 Å². The standard InChI is InChI=1S/C26H27N3O5/c1-32-22-14-21(15-23(33-2)25(22)34-3)29-16-19(13-24(29)30)26(31)28-20-6-4-17(5-7-20)12-18-8-10-27-11-9-18/h4-11,14-15,19H,12-13,16H2,1-3H3,(H,28,31). The first-order valence-electron chi connectivity index (χ1n) is 10.9. The molecule has 176 valence electrons. The molecule has 1 atom stereocenters. The van der Waals surface area contributed by atoms with Gasteiger partial charge in [0.05, 0.1) is 32.9 Å². The Bertz CT molecular complexity index is 1140. The second kappa shape index (κ2) is 10.2. The zero-order valence-electron chi connectivity index (χ0n) is 19.4. The lowest BCUT2D eigenvalue weighted by Crippen LogP contribution is -2.28. The number of nitrogens with one attached hydrogen (secondary N) is 1. The minimum atomic E-state index is -0.469. The number of methoxy groups -OCH3 is 3. The lowest BCUT2D eigenvalue weighted by Gasteiger charge is -2.20. The van der Waals surface area contributed by atoms with Gasteiger partial charge in [-0.05, 0) is 41.8 Å². The molecule has 8 heteroatoms. The highest BCUT2D eigenvalue weighted by molar-refractivity contribution is 6.03. The van der Waals surface area contributed by atoms with Crippen molar-refractivity contribution in [3.05, 3.63) is 72.1 Å². The van der Waals surface area contributed by atoms with Crippen LogP contribution >= 0.6 is 0 Å². The molecule has 1 saturated heterocycles. The molecule has 0 aliphatic carbocycles. The van der Waals surface area contributed by atoms with Crippen LogP contribution in [0, 0.1) is 5.92 Å². The number of amides is 2. The summed E-state index contributed by atoms with van der Waals surface area (Å²) >= 11 is 0. The summed E-state index contributed by atoms with van der Waals surface area (Å²) in [7, 11) is 4.56. The highest BCUT2D eigenvalue weighted by Crippen LogP contribution is 2.42. The Morgan fingerprint density at radius 1 is 0.971 bits per heavy atom. The van der Waals surface area contributed by atoms with Gasteiger partial charge in [0, 0.05) is 43.2 Å². The molecule has 2 aromatic carbocycles. The lowest BCUT2D eigenvalue weighted by molar-refractivity contribution is -0.122. The first kappa shape index (κ1) is 23.1. The van der Waals surface area contributed by atoms with Crippen molar-refractivity contribution in [2.24, 2.45) is 5.92 Å². The summed E-state index contributed by atoms with van der Waals surface area (Å²) in [6.07, 6.45) is 4.46. The molecule has 1 aromatic heterocycles. The van der Waals surface area contributed by atoms with Crippen molar-refractivity contribution >= 4 is 23.2 Å². The second-order valence-electron chi connectivity index (χ2n) is 8.01. The van der Waals surface area contributed by atoms with E-state index in [0.717, 1.165) is 12.0 Å². The summed E-state index contributed by atoms with van der Waals surface area (Å²) in [5, 5.41) is 2.93. The van der Waals surface area contributed by atoms with E-state index in [1.54, 1.807) is 29.4 Å². The number of pyridine rings is 1. The van der Waals surface area contributed by atoms with Gasteiger partial charge in [-0.15, -0.1) is 0 Å². The molecule has 1 N–H and O–H groups in total. The van der Waals surface area contributed by atoms with Crippen molar-refractivity contribution in [2.45, 2.75) is 12.8 Å². The Kier molecular flexibility index (Phi) is 6.96. The highest BCUT2D eigenvalue weighted by atomic mass is 16.5. The molecule has 0 bridgehead atoms. The van der Waals surface area contributed by atoms with Crippen LogP contribution in [-0.4, -0.2) is 44.7 Å². The number of benzene rings is 2. The average Bonchev–Trinajstić information content (AvgIpc) is 3.26. The first-order valence-corrected chi connectivity index (χ1v) is 10.9. The quantitative estimate of drug-likeness (QED) is 0.550. The maximum Gasteiger partial charge on any atom is 0.229 e. The topological polar surface area (TPSA) is 90.0 Å². The molecule has 1 fully saturated rings. The van der Waals surface area contributed by atoms with Crippen LogP contribution in [0.3, 0.4) is 0 Å². The second-order valence-corrected chi connectivity index (χ2v) is 8.01. The van der Waals surface area contributed by atoms with Gasteiger partial charge in [0.2, 0.25) is 17.6 Å². The van der Waals surface area contributed by atoms with E-state index in [0.29, 0.717) is 28.6 Å². The zero-order chi connectivity index (χ0) is 24.1. The molecule has 0 radical (unpaired) electrons. The third-order valence-corrected chi connectivity index (χ3v) is 5.84. The van der Waals surface area contributed by atoms with Gasteiger partial charge in [-0.2, -0.15) is 0 Å². The maximum atomic E-state index is 12.9. The number of nitrogens with zero attached hydrogens (tertiary/aromatic N) is 2. The van der Waals surface area contributed by atoms with Gasteiger partial charge in [-0.3, -0.25) is 14.6 Å². The molecule has 34 heavy (non-hydrogen) atoms. The van der Waals surface area contributed by atoms with E-state index in [4.69, 9.17) is 14.2 Å². The molecule has 2 heterocycles. The normalized spacial score (nSPS) is 15.2. The van der Waals surface area contributed by atoms with Gasteiger partial charge in [0.1, 0.15) is 0 Å². The van der Waals surface area contributed by atoms with Crippen LogP contribution in [0.5, 0.6) is 17.2 Å². The maximum absolute atomic E-state index is 12.9. The van der Waals surface area contributed by atoms with Crippen molar-refractivity contribution in [2.75, 3.05) is 38.1 Å². The summed E-state index contributed by atoms with van der Waals surface area (Å²) < 4.78 is 16.1. The number of anilines is 2. The Morgan fingerprint density at radius 3 is 2.18 bits per heavy atom. The molecule has 0 saturated carbocycles. The highest BCUT2D eigenvalue weighted by Gasteiger charge is 2.36. The Morgan fingerprint density at radius 2 is 1.59 bits per heavy atom. The Hall–Kier alpha value is -4.07. The third kappa shape index (κ3) is 4.96. The molecule has 8 nitrogen and oxygen atoms in total.